The van der Waals surface area contributed by atoms with Crippen molar-refractivity contribution in [2.24, 2.45) is 0 Å². The zero-order chi connectivity index (χ0) is 20.5. The molecule has 0 N–H and O–H groups in total. The number of Topliss-reactive ketones (excluding diaryl/α,β-unsaturated/α-hetero) is 1. The van der Waals surface area contributed by atoms with Gasteiger partial charge in [-0.2, -0.15) is 17.5 Å². The molecule has 0 aliphatic carbocycles. The lowest BCUT2D eigenvalue weighted by atomic mass is 10.1. The molecule has 28 heavy (non-hydrogen) atoms. The quantitative estimate of drug-likeness (QED) is 0.722. The Morgan fingerprint density at radius 1 is 0.964 bits per heavy atom. The number of anilines is 1. The first kappa shape index (κ1) is 20.3. The van der Waals surface area contributed by atoms with Crippen LogP contribution in [0, 0.1) is 0 Å². The summed E-state index contributed by atoms with van der Waals surface area (Å²) in [6.45, 7) is 2.29. The molecule has 9 heteroatoms. The summed E-state index contributed by atoms with van der Waals surface area (Å²) in [4.78, 5) is 13.2. The lowest BCUT2D eigenvalue weighted by Gasteiger charge is -2.35. The number of sulfonamides is 1. The molecule has 0 saturated carbocycles. The van der Waals surface area contributed by atoms with Gasteiger partial charge in [-0.3, -0.25) is 4.79 Å². The molecule has 1 aliphatic heterocycles. The van der Waals surface area contributed by atoms with Crippen molar-refractivity contribution >= 4 is 21.5 Å². The summed E-state index contributed by atoms with van der Waals surface area (Å²) in [6, 6.07) is 10.7. The first-order valence-corrected chi connectivity index (χ1v) is 10.1. The molecular weight excluding hydrogens is 393 g/mol. The van der Waals surface area contributed by atoms with E-state index in [4.69, 9.17) is 0 Å². The molecule has 1 fully saturated rings. The monoisotopic (exact) mass is 412 g/mol. The highest BCUT2D eigenvalue weighted by Crippen LogP contribution is 2.32. The Kier molecular flexibility index (Phi) is 5.49. The van der Waals surface area contributed by atoms with Gasteiger partial charge < -0.3 is 4.90 Å². The molecule has 3 rings (SSSR count). The zero-order valence-corrected chi connectivity index (χ0v) is 15.9. The molecule has 2 aromatic carbocycles. The predicted molar refractivity (Wildman–Crippen MR) is 98.9 cm³/mol. The van der Waals surface area contributed by atoms with Gasteiger partial charge in [-0.05, 0) is 37.3 Å². The molecule has 0 spiro atoms. The van der Waals surface area contributed by atoms with E-state index in [9.17, 15) is 26.4 Å². The lowest BCUT2D eigenvalue weighted by molar-refractivity contribution is -0.137. The van der Waals surface area contributed by atoms with Crippen LogP contribution < -0.4 is 4.90 Å². The number of benzene rings is 2. The van der Waals surface area contributed by atoms with E-state index in [1.54, 1.807) is 11.0 Å². The van der Waals surface area contributed by atoms with Gasteiger partial charge in [0.15, 0.2) is 5.78 Å². The van der Waals surface area contributed by atoms with E-state index in [0.717, 1.165) is 12.1 Å². The minimum atomic E-state index is -4.42. The van der Waals surface area contributed by atoms with E-state index in [0.29, 0.717) is 11.3 Å². The topological polar surface area (TPSA) is 57.7 Å². The van der Waals surface area contributed by atoms with Crippen molar-refractivity contribution in [3.63, 3.8) is 0 Å². The van der Waals surface area contributed by atoms with Gasteiger partial charge in [-0.1, -0.05) is 18.2 Å². The highest BCUT2D eigenvalue weighted by atomic mass is 32.2. The van der Waals surface area contributed by atoms with E-state index < -0.39 is 21.8 Å². The number of ketones is 1. The first-order chi connectivity index (χ1) is 13.1. The first-order valence-electron chi connectivity index (χ1n) is 8.62. The van der Waals surface area contributed by atoms with Crippen molar-refractivity contribution in [2.75, 3.05) is 31.1 Å². The fraction of sp³-hybridized carbons (Fsp3) is 0.316. The standard InChI is InChI=1S/C19H19F3N2O3S/c1-14(25)15-5-7-18(8-6-15)28(26,27)24-11-9-23(10-12-24)17-4-2-3-16(13-17)19(20,21)22/h2-8,13H,9-12H2,1H3. The molecule has 0 unspecified atom stereocenters. The molecule has 0 aromatic heterocycles. The number of rotatable bonds is 4. The summed E-state index contributed by atoms with van der Waals surface area (Å²) in [5.41, 5.74) is 0.108. The summed E-state index contributed by atoms with van der Waals surface area (Å²) < 4.78 is 65.5. The van der Waals surface area contributed by atoms with Crippen LogP contribution in [0.5, 0.6) is 0 Å². The van der Waals surface area contributed by atoms with Gasteiger partial charge in [0, 0.05) is 37.4 Å². The fourth-order valence-corrected chi connectivity index (χ4v) is 4.50. The van der Waals surface area contributed by atoms with Gasteiger partial charge in [0.2, 0.25) is 10.0 Å². The minimum Gasteiger partial charge on any atom is -0.369 e. The van der Waals surface area contributed by atoms with Gasteiger partial charge in [0.25, 0.3) is 0 Å². The van der Waals surface area contributed by atoms with Gasteiger partial charge >= 0.3 is 6.18 Å². The summed E-state index contributed by atoms with van der Waals surface area (Å²) >= 11 is 0. The van der Waals surface area contributed by atoms with Gasteiger partial charge in [-0.15, -0.1) is 0 Å². The van der Waals surface area contributed by atoms with Crippen LogP contribution in [0.2, 0.25) is 0 Å². The number of carbonyl (C=O) groups is 1. The molecule has 1 aliphatic rings. The molecule has 0 amide bonds. The second-order valence-corrected chi connectivity index (χ2v) is 8.46. The smallest absolute Gasteiger partial charge is 0.369 e. The van der Waals surface area contributed by atoms with Crippen LogP contribution in [0.15, 0.2) is 53.4 Å². The average Bonchev–Trinajstić information content (AvgIpc) is 2.67. The fourth-order valence-electron chi connectivity index (χ4n) is 3.08. The Balaban J connectivity index is 1.72. The molecule has 1 heterocycles. The molecule has 0 radical (unpaired) electrons. The van der Waals surface area contributed by atoms with Crippen LogP contribution in [-0.4, -0.2) is 44.7 Å². The maximum absolute atomic E-state index is 12.9. The van der Waals surface area contributed by atoms with Crippen molar-refractivity contribution in [1.82, 2.24) is 4.31 Å². The van der Waals surface area contributed by atoms with E-state index in [2.05, 4.69) is 0 Å². The van der Waals surface area contributed by atoms with Crippen LogP contribution in [0.25, 0.3) is 0 Å². The largest absolute Gasteiger partial charge is 0.416 e. The average molecular weight is 412 g/mol. The van der Waals surface area contributed by atoms with Crippen molar-refractivity contribution in [2.45, 2.75) is 18.0 Å². The number of carbonyl (C=O) groups excluding carboxylic acids is 1. The zero-order valence-electron chi connectivity index (χ0n) is 15.1. The number of hydrogen-bond donors (Lipinski definition) is 0. The minimum absolute atomic E-state index is 0.0880. The number of piperazine rings is 1. The Labute approximate surface area is 161 Å². The number of halogens is 3. The number of alkyl halides is 3. The predicted octanol–water partition coefficient (Wildman–Crippen LogP) is 3.42. The third kappa shape index (κ3) is 4.20. The van der Waals surface area contributed by atoms with Crippen LogP contribution >= 0.6 is 0 Å². The number of hydrogen-bond acceptors (Lipinski definition) is 4. The molecule has 1 saturated heterocycles. The van der Waals surface area contributed by atoms with Crippen molar-refractivity contribution in [1.29, 1.82) is 0 Å². The number of nitrogens with zero attached hydrogens (tertiary/aromatic N) is 2. The Bertz CT molecular complexity index is 965. The Morgan fingerprint density at radius 2 is 1.57 bits per heavy atom. The summed E-state index contributed by atoms with van der Waals surface area (Å²) in [6.07, 6.45) is -4.42. The Morgan fingerprint density at radius 3 is 2.11 bits per heavy atom. The van der Waals surface area contributed by atoms with Gasteiger partial charge in [0.1, 0.15) is 0 Å². The van der Waals surface area contributed by atoms with E-state index >= 15 is 0 Å². The Hall–Kier alpha value is -2.39. The second-order valence-electron chi connectivity index (χ2n) is 6.52. The SMILES string of the molecule is CC(=O)c1ccc(S(=O)(=O)N2CCN(c3cccc(C(F)(F)F)c3)CC2)cc1. The van der Waals surface area contributed by atoms with Crippen molar-refractivity contribution < 1.29 is 26.4 Å². The van der Waals surface area contributed by atoms with Crippen molar-refractivity contribution in [3.8, 4) is 0 Å². The van der Waals surface area contributed by atoms with E-state index in [1.165, 1.54) is 41.6 Å². The third-order valence-electron chi connectivity index (χ3n) is 4.68. The van der Waals surface area contributed by atoms with Crippen LogP contribution in [0.4, 0.5) is 18.9 Å². The highest BCUT2D eigenvalue weighted by molar-refractivity contribution is 7.89. The van der Waals surface area contributed by atoms with Crippen LogP contribution in [0.1, 0.15) is 22.8 Å². The normalized spacial score (nSPS) is 16.2. The molecule has 150 valence electrons. The maximum atomic E-state index is 12.9. The van der Waals surface area contributed by atoms with Crippen molar-refractivity contribution in [3.05, 3.63) is 59.7 Å². The molecular formula is C19H19F3N2O3S. The third-order valence-corrected chi connectivity index (χ3v) is 6.59. The molecule has 5 nitrogen and oxygen atoms in total. The molecule has 0 atom stereocenters. The van der Waals surface area contributed by atoms with Crippen LogP contribution in [-0.2, 0) is 16.2 Å². The summed E-state index contributed by atoms with van der Waals surface area (Å²) in [5, 5.41) is 0. The molecule has 0 bridgehead atoms. The lowest BCUT2D eigenvalue weighted by Crippen LogP contribution is -2.48. The summed E-state index contributed by atoms with van der Waals surface area (Å²) in [5.74, 6) is -0.154. The van der Waals surface area contributed by atoms with E-state index in [1.807, 2.05) is 0 Å². The highest BCUT2D eigenvalue weighted by Gasteiger charge is 2.32. The summed E-state index contributed by atoms with van der Waals surface area (Å²) in [7, 11) is -3.73. The molecule has 2 aromatic rings. The van der Waals surface area contributed by atoms with Crippen LogP contribution in [0.3, 0.4) is 0 Å². The van der Waals surface area contributed by atoms with Gasteiger partial charge in [0.05, 0.1) is 10.5 Å². The second kappa shape index (κ2) is 7.56. The van der Waals surface area contributed by atoms with E-state index in [-0.39, 0.29) is 36.9 Å². The maximum Gasteiger partial charge on any atom is 0.416 e. The van der Waals surface area contributed by atoms with Gasteiger partial charge in [-0.25, -0.2) is 8.42 Å².